The third-order valence-corrected chi connectivity index (χ3v) is 8.44. The molecule has 1 aliphatic heterocycles. The minimum absolute atomic E-state index is 0.0959. The Labute approximate surface area is 221 Å². The maximum Gasteiger partial charge on any atom is 0.264 e. The van der Waals surface area contributed by atoms with Gasteiger partial charge < -0.3 is 14.5 Å². The van der Waals surface area contributed by atoms with Gasteiger partial charge in [-0.2, -0.15) is 0 Å². The van der Waals surface area contributed by atoms with E-state index in [1.54, 1.807) is 29.2 Å². The molecule has 1 saturated heterocycles. The molecule has 0 N–H and O–H groups in total. The van der Waals surface area contributed by atoms with Crippen LogP contribution in [0.2, 0.25) is 10.0 Å². The standard InChI is InChI=1S/C26H27Cl2N3O4S/c1-19-6-9-23(10-7-19)36(33,34)31(22-8-11-25(35-2)24(28)17-22)18-26(32)30-14-12-29(13-15-30)21-5-3-4-20(27)16-21/h3-11,16-17H,12-15,18H2,1-2H3. The zero-order chi connectivity index (χ0) is 25.9. The van der Waals surface area contributed by atoms with Gasteiger partial charge >= 0.3 is 0 Å². The summed E-state index contributed by atoms with van der Waals surface area (Å²) in [6.45, 7) is 3.69. The molecule has 7 nitrogen and oxygen atoms in total. The van der Waals surface area contributed by atoms with Crippen LogP contribution in [0, 0.1) is 6.92 Å². The van der Waals surface area contributed by atoms with Gasteiger partial charge in [-0.3, -0.25) is 9.10 Å². The number of rotatable bonds is 7. The zero-order valence-corrected chi connectivity index (χ0v) is 22.4. The molecular formula is C26H27Cl2N3O4S. The summed E-state index contributed by atoms with van der Waals surface area (Å²) in [5, 5.41) is 0.905. The highest BCUT2D eigenvalue weighted by atomic mass is 35.5. The van der Waals surface area contributed by atoms with Gasteiger partial charge in [0.05, 0.1) is 22.7 Å². The second-order valence-corrected chi connectivity index (χ2v) is 11.2. The number of anilines is 2. The van der Waals surface area contributed by atoms with Gasteiger partial charge in [0.15, 0.2) is 0 Å². The van der Waals surface area contributed by atoms with Crippen molar-refractivity contribution in [1.29, 1.82) is 0 Å². The van der Waals surface area contributed by atoms with Crippen LogP contribution < -0.4 is 13.9 Å². The summed E-state index contributed by atoms with van der Waals surface area (Å²) in [7, 11) is -2.56. The molecule has 0 aliphatic carbocycles. The maximum atomic E-state index is 13.7. The Balaban J connectivity index is 1.57. The third-order valence-electron chi connectivity index (χ3n) is 6.12. The van der Waals surface area contributed by atoms with Crippen LogP contribution in [0.15, 0.2) is 71.6 Å². The number of amides is 1. The van der Waals surface area contributed by atoms with E-state index in [1.165, 1.54) is 25.3 Å². The first kappa shape index (κ1) is 26.1. The fraction of sp³-hybridized carbons (Fsp3) is 0.269. The van der Waals surface area contributed by atoms with E-state index >= 15 is 0 Å². The third kappa shape index (κ3) is 5.72. The van der Waals surface area contributed by atoms with Gasteiger partial charge in [-0.05, 0) is 55.5 Å². The molecule has 0 atom stereocenters. The van der Waals surface area contributed by atoms with Crippen molar-refractivity contribution < 1.29 is 17.9 Å². The average Bonchev–Trinajstić information content (AvgIpc) is 2.87. The predicted molar refractivity (Wildman–Crippen MR) is 144 cm³/mol. The van der Waals surface area contributed by atoms with Crippen molar-refractivity contribution >= 4 is 50.5 Å². The van der Waals surface area contributed by atoms with Gasteiger partial charge in [-0.15, -0.1) is 0 Å². The lowest BCUT2D eigenvalue weighted by molar-refractivity contribution is -0.129. The van der Waals surface area contributed by atoms with Crippen LogP contribution in [-0.4, -0.2) is 59.1 Å². The van der Waals surface area contributed by atoms with Crippen molar-refractivity contribution in [1.82, 2.24) is 4.90 Å². The molecule has 10 heteroatoms. The molecular weight excluding hydrogens is 521 g/mol. The minimum Gasteiger partial charge on any atom is -0.495 e. The molecule has 3 aromatic carbocycles. The summed E-state index contributed by atoms with van der Waals surface area (Å²) in [5.41, 5.74) is 2.21. The van der Waals surface area contributed by atoms with Crippen LogP contribution >= 0.6 is 23.2 Å². The highest BCUT2D eigenvalue weighted by molar-refractivity contribution is 7.92. The number of piperazine rings is 1. The van der Waals surface area contributed by atoms with E-state index in [-0.39, 0.29) is 28.1 Å². The van der Waals surface area contributed by atoms with Crippen molar-refractivity contribution in [3.8, 4) is 5.75 Å². The zero-order valence-electron chi connectivity index (χ0n) is 20.0. The molecule has 0 unspecified atom stereocenters. The van der Waals surface area contributed by atoms with E-state index in [0.717, 1.165) is 15.6 Å². The number of hydrogen-bond acceptors (Lipinski definition) is 5. The summed E-state index contributed by atoms with van der Waals surface area (Å²) in [6, 6.07) is 18.8. The van der Waals surface area contributed by atoms with Gasteiger partial charge in [-0.1, -0.05) is 47.0 Å². The second-order valence-electron chi connectivity index (χ2n) is 8.49. The molecule has 1 aliphatic rings. The number of sulfonamides is 1. The largest absolute Gasteiger partial charge is 0.495 e. The Morgan fingerprint density at radius 2 is 1.67 bits per heavy atom. The maximum absolute atomic E-state index is 13.7. The van der Waals surface area contributed by atoms with Crippen molar-refractivity contribution in [2.24, 2.45) is 0 Å². The number of hydrogen-bond donors (Lipinski definition) is 0. The summed E-state index contributed by atoms with van der Waals surface area (Å²) < 4.78 is 33.6. The molecule has 0 spiro atoms. The molecule has 190 valence electrons. The van der Waals surface area contributed by atoms with E-state index in [2.05, 4.69) is 4.90 Å². The summed E-state index contributed by atoms with van der Waals surface area (Å²) >= 11 is 12.4. The fourth-order valence-electron chi connectivity index (χ4n) is 4.07. The molecule has 1 heterocycles. The smallest absolute Gasteiger partial charge is 0.264 e. The molecule has 1 fully saturated rings. The topological polar surface area (TPSA) is 70.2 Å². The quantitative estimate of drug-likeness (QED) is 0.422. The van der Waals surface area contributed by atoms with Crippen LogP contribution in [0.5, 0.6) is 5.75 Å². The van der Waals surface area contributed by atoms with Gasteiger partial charge in [0.2, 0.25) is 5.91 Å². The molecule has 0 radical (unpaired) electrons. The number of benzene rings is 3. The first-order valence-electron chi connectivity index (χ1n) is 11.4. The lowest BCUT2D eigenvalue weighted by Crippen LogP contribution is -2.52. The van der Waals surface area contributed by atoms with Crippen LogP contribution in [0.25, 0.3) is 0 Å². The molecule has 0 aromatic heterocycles. The number of carbonyl (C=O) groups excluding carboxylic acids is 1. The van der Waals surface area contributed by atoms with Crippen molar-refractivity contribution in [2.45, 2.75) is 11.8 Å². The van der Waals surface area contributed by atoms with E-state index in [9.17, 15) is 13.2 Å². The minimum atomic E-state index is -4.04. The Hall–Kier alpha value is -2.94. The van der Waals surface area contributed by atoms with Gasteiger partial charge in [0.1, 0.15) is 12.3 Å². The molecule has 4 rings (SSSR count). The second kappa shape index (κ2) is 11.0. The van der Waals surface area contributed by atoms with Gasteiger partial charge in [0.25, 0.3) is 10.0 Å². The lowest BCUT2D eigenvalue weighted by atomic mass is 10.2. The molecule has 0 saturated carbocycles. The lowest BCUT2D eigenvalue weighted by Gasteiger charge is -2.37. The molecule has 1 amide bonds. The van der Waals surface area contributed by atoms with Crippen LogP contribution in [0.1, 0.15) is 5.56 Å². The summed E-state index contributed by atoms with van der Waals surface area (Å²) in [5.74, 6) is 0.125. The number of ether oxygens (including phenoxy) is 1. The number of carbonyl (C=O) groups is 1. The van der Waals surface area contributed by atoms with Crippen molar-refractivity contribution in [3.05, 3.63) is 82.3 Å². The van der Waals surface area contributed by atoms with E-state index in [4.69, 9.17) is 27.9 Å². The Morgan fingerprint density at radius 3 is 2.28 bits per heavy atom. The highest BCUT2D eigenvalue weighted by Gasteiger charge is 2.30. The highest BCUT2D eigenvalue weighted by Crippen LogP contribution is 2.32. The fourth-order valence-corrected chi connectivity index (χ4v) is 5.92. The molecule has 0 bridgehead atoms. The molecule has 36 heavy (non-hydrogen) atoms. The normalized spacial score (nSPS) is 14.0. The van der Waals surface area contributed by atoms with Gasteiger partial charge in [-0.25, -0.2) is 8.42 Å². The Morgan fingerprint density at radius 1 is 0.972 bits per heavy atom. The van der Waals surface area contributed by atoms with E-state index < -0.39 is 10.0 Å². The van der Waals surface area contributed by atoms with Crippen molar-refractivity contribution in [3.63, 3.8) is 0 Å². The number of halogens is 2. The van der Waals surface area contributed by atoms with E-state index in [0.29, 0.717) is 37.0 Å². The van der Waals surface area contributed by atoms with Crippen molar-refractivity contribution in [2.75, 3.05) is 49.0 Å². The van der Waals surface area contributed by atoms with Crippen LogP contribution in [0.4, 0.5) is 11.4 Å². The van der Waals surface area contributed by atoms with Crippen LogP contribution in [0.3, 0.4) is 0 Å². The SMILES string of the molecule is COc1ccc(N(CC(=O)N2CCN(c3cccc(Cl)c3)CC2)S(=O)(=O)c2ccc(C)cc2)cc1Cl. The number of methoxy groups -OCH3 is 1. The Bertz CT molecular complexity index is 1340. The number of nitrogens with zero attached hydrogens (tertiary/aromatic N) is 3. The first-order valence-corrected chi connectivity index (χ1v) is 13.6. The monoisotopic (exact) mass is 547 g/mol. The summed E-state index contributed by atoms with van der Waals surface area (Å²) in [4.78, 5) is 17.3. The summed E-state index contributed by atoms with van der Waals surface area (Å²) in [6.07, 6.45) is 0. The van der Waals surface area contributed by atoms with Gasteiger partial charge in [0, 0.05) is 36.9 Å². The van der Waals surface area contributed by atoms with Crippen LogP contribution in [-0.2, 0) is 14.8 Å². The molecule has 3 aromatic rings. The average molecular weight is 548 g/mol. The first-order chi connectivity index (χ1) is 17.2. The Kier molecular flexibility index (Phi) is 7.97. The van der Waals surface area contributed by atoms with E-state index in [1.807, 2.05) is 31.2 Å². The number of aryl methyl sites for hydroxylation is 1. The predicted octanol–water partition coefficient (Wildman–Crippen LogP) is 4.85.